The van der Waals surface area contributed by atoms with Crippen molar-refractivity contribution in [2.45, 2.75) is 23.1 Å². The van der Waals surface area contributed by atoms with Gasteiger partial charge in [0.25, 0.3) is 0 Å². The molecule has 0 N–H and O–H groups in total. The number of hydrogen-bond donors (Lipinski definition) is 0. The van der Waals surface area contributed by atoms with Gasteiger partial charge in [0, 0.05) is 5.03 Å². The monoisotopic (exact) mass is 230 g/mol. The van der Waals surface area contributed by atoms with Crippen LogP contribution in [0.5, 0.6) is 0 Å². The fourth-order valence-electron chi connectivity index (χ4n) is 1.80. The second-order valence-electron chi connectivity index (χ2n) is 3.13. The first kappa shape index (κ1) is 8.50. The van der Waals surface area contributed by atoms with Crippen LogP contribution < -0.4 is 0 Å². The molecule has 4 heteroatoms. The minimum absolute atomic E-state index is 0.0517. The fourth-order valence-corrected chi connectivity index (χ4v) is 3.40. The van der Waals surface area contributed by atoms with Crippen LogP contribution in [0.4, 0.5) is 0 Å². The second kappa shape index (κ2) is 2.45. The normalized spacial score (nSPS) is 49.1. The van der Waals surface area contributed by atoms with Crippen LogP contribution in [-0.4, -0.2) is 10.3 Å². The number of hydrogen-bond acceptors (Lipinski definition) is 0. The Labute approximate surface area is 85.4 Å². The molecule has 0 aromatic rings. The van der Waals surface area contributed by atoms with Crippen molar-refractivity contribution in [1.29, 1.82) is 0 Å². The number of rotatable bonds is 0. The SMILES string of the molecule is ClC1=C(Cl)C2(Cl)CC1CC2Cl. The van der Waals surface area contributed by atoms with E-state index in [0.717, 1.165) is 17.9 Å². The maximum atomic E-state index is 6.19. The highest BCUT2D eigenvalue weighted by molar-refractivity contribution is 6.48. The summed E-state index contributed by atoms with van der Waals surface area (Å²) in [5.74, 6) is 0.309. The minimum Gasteiger partial charge on any atom is -0.121 e. The highest BCUT2D eigenvalue weighted by atomic mass is 35.5. The van der Waals surface area contributed by atoms with E-state index in [1.54, 1.807) is 0 Å². The zero-order chi connectivity index (χ0) is 8.22. The van der Waals surface area contributed by atoms with E-state index < -0.39 is 4.87 Å². The molecule has 1 saturated carbocycles. The summed E-state index contributed by atoms with van der Waals surface area (Å²) in [7, 11) is 0. The summed E-state index contributed by atoms with van der Waals surface area (Å²) in [5.41, 5.74) is 0. The topological polar surface area (TPSA) is 0 Å². The molecule has 0 saturated heterocycles. The van der Waals surface area contributed by atoms with Crippen molar-refractivity contribution in [2.75, 3.05) is 0 Å². The van der Waals surface area contributed by atoms with Crippen LogP contribution >= 0.6 is 46.4 Å². The van der Waals surface area contributed by atoms with Crippen LogP contribution in [0.15, 0.2) is 10.1 Å². The first-order valence-corrected chi connectivity index (χ1v) is 5.01. The lowest BCUT2D eigenvalue weighted by atomic mass is 10.1. The number of alkyl halides is 2. The van der Waals surface area contributed by atoms with Gasteiger partial charge in [-0.25, -0.2) is 0 Å². The Bertz CT molecular complexity index is 235. The van der Waals surface area contributed by atoms with E-state index >= 15 is 0 Å². The van der Waals surface area contributed by atoms with Gasteiger partial charge in [0.1, 0.15) is 0 Å². The van der Waals surface area contributed by atoms with Gasteiger partial charge in [-0.1, -0.05) is 23.2 Å². The Balaban J connectivity index is 2.45. The lowest BCUT2D eigenvalue weighted by Gasteiger charge is -2.23. The van der Waals surface area contributed by atoms with E-state index in [0.29, 0.717) is 11.0 Å². The fraction of sp³-hybridized carbons (Fsp3) is 0.714. The standard InChI is InChI=1S/C7H6Cl4/c8-4-1-3-2-7(4,11)6(10)5(3)9/h3-4H,1-2H2. The molecule has 0 aliphatic heterocycles. The van der Waals surface area contributed by atoms with Crippen molar-refractivity contribution in [3.8, 4) is 0 Å². The molecule has 0 aromatic heterocycles. The quantitative estimate of drug-likeness (QED) is 0.558. The molecule has 0 amide bonds. The summed E-state index contributed by atoms with van der Waals surface area (Å²) in [6.45, 7) is 0. The molecule has 2 aliphatic rings. The van der Waals surface area contributed by atoms with Crippen LogP contribution in [0.3, 0.4) is 0 Å². The molecule has 0 aromatic carbocycles. The first-order valence-electron chi connectivity index (χ1n) is 3.44. The van der Waals surface area contributed by atoms with Crippen molar-refractivity contribution >= 4 is 46.4 Å². The van der Waals surface area contributed by atoms with Crippen LogP contribution in [0, 0.1) is 5.92 Å². The van der Waals surface area contributed by atoms with E-state index in [1.165, 1.54) is 0 Å². The smallest absolute Gasteiger partial charge is 0.0981 e. The van der Waals surface area contributed by atoms with Gasteiger partial charge in [-0.2, -0.15) is 0 Å². The summed E-state index contributed by atoms with van der Waals surface area (Å²) in [6, 6.07) is 0. The summed E-state index contributed by atoms with van der Waals surface area (Å²) in [4.78, 5) is -0.551. The molecule has 1 fully saturated rings. The number of halogens is 4. The van der Waals surface area contributed by atoms with Gasteiger partial charge in [0.05, 0.1) is 15.3 Å². The Morgan fingerprint density at radius 3 is 2.36 bits per heavy atom. The van der Waals surface area contributed by atoms with E-state index in [2.05, 4.69) is 0 Å². The Morgan fingerprint density at radius 1 is 1.36 bits per heavy atom. The van der Waals surface area contributed by atoms with Crippen LogP contribution in [-0.2, 0) is 0 Å². The molecule has 0 nitrogen and oxygen atoms in total. The average Bonchev–Trinajstić information content (AvgIpc) is 2.34. The molecule has 2 rings (SSSR count). The summed E-state index contributed by atoms with van der Waals surface area (Å²) in [5, 5.41) is 1.24. The van der Waals surface area contributed by atoms with Crippen molar-refractivity contribution in [3.63, 3.8) is 0 Å². The van der Waals surface area contributed by atoms with Gasteiger partial charge in [-0.05, 0) is 18.8 Å². The molecule has 62 valence electrons. The van der Waals surface area contributed by atoms with Crippen LogP contribution in [0.2, 0.25) is 0 Å². The van der Waals surface area contributed by atoms with E-state index in [4.69, 9.17) is 46.4 Å². The van der Waals surface area contributed by atoms with Crippen LogP contribution in [0.25, 0.3) is 0 Å². The Kier molecular flexibility index (Phi) is 1.89. The zero-order valence-corrected chi connectivity index (χ0v) is 8.60. The molecule has 11 heavy (non-hydrogen) atoms. The molecule has 2 bridgehead atoms. The third-order valence-electron chi connectivity index (χ3n) is 2.46. The molecular weight excluding hydrogens is 226 g/mol. The number of allylic oxidation sites excluding steroid dienone is 2. The van der Waals surface area contributed by atoms with Crippen molar-refractivity contribution in [3.05, 3.63) is 10.1 Å². The molecule has 0 spiro atoms. The third kappa shape index (κ3) is 0.966. The average molecular weight is 232 g/mol. The lowest BCUT2D eigenvalue weighted by molar-refractivity contribution is 0.688. The Morgan fingerprint density at radius 2 is 2.00 bits per heavy atom. The lowest BCUT2D eigenvalue weighted by Crippen LogP contribution is -2.27. The Hall–Kier alpha value is 0.900. The summed E-state index contributed by atoms with van der Waals surface area (Å²) < 4.78 is 0. The molecule has 3 atom stereocenters. The van der Waals surface area contributed by atoms with Gasteiger partial charge in [-0.3, -0.25) is 0 Å². The van der Waals surface area contributed by atoms with Gasteiger partial charge < -0.3 is 0 Å². The predicted molar refractivity (Wildman–Crippen MR) is 49.7 cm³/mol. The van der Waals surface area contributed by atoms with Gasteiger partial charge in [0.15, 0.2) is 0 Å². The predicted octanol–water partition coefficient (Wildman–Crippen LogP) is 3.68. The summed E-state index contributed by atoms with van der Waals surface area (Å²) >= 11 is 24.0. The van der Waals surface area contributed by atoms with Gasteiger partial charge in [0.2, 0.25) is 0 Å². The minimum atomic E-state index is -0.551. The van der Waals surface area contributed by atoms with E-state index in [-0.39, 0.29) is 5.38 Å². The van der Waals surface area contributed by atoms with E-state index in [1.807, 2.05) is 0 Å². The number of fused-ring (bicyclic) bond motifs is 2. The molecule has 3 unspecified atom stereocenters. The maximum Gasteiger partial charge on any atom is 0.0981 e. The molecule has 0 heterocycles. The molecule has 2 aliphatic carbocycles. The molecular formula is C7H6Cl4. The largest absolute Gasteiger partial charge is 0.121 e. The van der Waals surface area contributed by atoms with E-state index in [9.17, 15) is 0 Å². The van der Waals surface area contributed by atoms with Crippen molar-refractivity contribution in [2.24, 2.45) is 5.92 Å². The van der Waals surface area contributed by atoms with Crippen molar-refractivity contribution < 1.29 is 0 Å². The summed E-state index contributed by atoms with van der Waals surface area (Å²) in [6.07, 6.45) is 1.67. The molecule has 0 radical (unpaired) electrons. The zero-order valence-electron chi connectivity index (χ0n) is 5.58. The highest BCUT2D eigenvalue weighted by Gasteiger charge is 2.55. The van der Waals surface area contributed by atoms with Gasteiger partial charge in [-0.15, -0.1) is 23.2 Å². The van der Waals surface area contributed by atoms with Crippen molar-refractivity contribution in [1.82, 2.24) is 0 Å². The maximum absolute atomic E-state index is 6.19. The van der Waals surface area contributed by atoms with Gasteiger partial charge >= 0.3 is 0 Å². The first-order chi connectivity index (χ1) is 5.05. The highest BCUT2D eigenvalue weighted by Crippen LogP contribution is 2.59. The second-order valence-corrected chi connectivity index (χ2v) is 5.12. The third-order valence-corrected chi connectivity index (χ3v) is 4.97. The van der Waals surface area contributed by atoms with Crippen LogP contribution in [0.1, 0.15) is 12.8 Å².